The van der Waals surface area contributed by atoms with Crippen molar-refractivity contribution in [1.82, 2.24) is 16.2 Å². The van der Waals surface area contributed by atoms with Crippen LogP contribution in [-0.4, -0.2) is 19.1 Å². The van der Waals surface area contributed by atoms with Gasteiger partial charge in [0.1, 0.15) is 5.82 Å². The summed E-state index contributed by atoms with van der Waals surface area (Å²) in [6, 6.07) is 5.23. The molecule has 0 amide bonds. The molecule has 3 N–H and O–H groups in total. The van der Waals surface area contributed by atoms with E-state index in [0.29, 0.717) is 18.5 Å². The van der Waals surface area contributed by atoms with Gasteiger partial charge in [0.25, 0.3) is 0 Å². The molecule has 0 radical (unpaired) electrons. The van der Waals surface area contributed by atoms with Crippen molar-refractivity contribution in [3.63, 3.8) is 0 Å². The van der Waals surface area contributed by atoms with Gasteiger partial charge in [-0.2, -0.15) is 0 Å². The van der Waals surface area contributed by atoms with Crippen molar-refractivity contribution in [1.29, 1.82) is 0 Å². The fourth-order valence-electron chi connectivity index (χ4n) is 1.97. The monoisotopic (exact) mass is 301 g/mol. The van der Waals surface area contributed by atoms with Crippen LogP contribution in [0, 0.1) is 11.7 Å². The molecule has 1 heterocycles. The molecular formula is C12H17BrFN3. The molecule has 1 fully saturated rings. The lowest BCUT2D eigenvalue weighted by molar-refractivity contribution is 0.453. The zero-order valence-corrected chi connectivity index (χ0v) is 11.3. The van der Waals surface area contributed by atoms with Crippen LogP contribution < -0.4 is 16.2 Å². The van der Waals surface area contributed by atoms with Gasteiger partial charge in [-0.05, 0) is 30.7 Å². The summed E-state index contributed by atoms with van der Waals surface area (Å²) in [6.07, 6.45) is 0. The minimum atomic E-state index is -0.192. The zero-order chi connectivity index (χ0) is 12.3. The minimum Gasteiger partial charge on any atom is -0.312 e. The Balaban J connectivity index is 1.83. The highest BCUT2D eigenvalue weighted by Gasteiger charge is 2.21. The van der Waals surface area contributed by atoms with E-state index in [1.807, 2.05) is 0 Å². The second-order valence-corrected chi connectivity index (χ2v) is 5.29. The molecule has 3 nitrogen and oxygen atoms in total. The van der Waals surface area contributed by atoms with Gasteiger partial charge < -0.3 is 5.32 Å². The van der Waals surface area contributed by atoms with Crippen LogP contribution in [0.4, 0.5) is 4.39 Å². The zero-order valence-electron chi connectivity index (χ0n) is 9.76. The Bertz CT molecular complexity index is 386. The molecule has 0 aromatic heterocycles. The van der Waals surface area contributed by atoms with Crippen molar-refractivity contribution in [2.24, 2.45) is 5.92 Å². The lowest BCUT2D eigenvalue weighted by atomic mass is 10.0. The predicted molar refractivity (Wildman–Crippen MR) is 69.9 cm³/mol. The SMILES string of the molecule is CC1NNCC1CNCc1cc(F)ccc1Br. The van der Waals surface area contributed by atoms with Crippen molar-refractivity contribution in [3.05, 3.63) is 34.1 Å². The van der Waals surface area contributed by atoms with E-state index in [4.69, 9.17) is 0 Å². The quantitative estimate of drug-likeness (QED) is 0.793. The molecular weight excluding hydrogens is 285 g/mol. The lowest BCUT2D eigenvalue weighted by Gasteiger charge is -2.15. The van der Waals surface area contributed by atoms with E-state index in [2.05, 4.69) is 39.0 Å². The largest absolute Gasteiger partial charge is 0.312 e. The van der Waals surface area contributed by atoms with E-state index in [-0.39, 0.29) is 5.82 Å². The van der Waals surface area contributed by atoms with Crippen LogP contribution in [0.15, 0.2) is 22.7 Å². The third kappa shape index (κ3) is 3.48. The summed E-state index contributed by atoms with van der Waals surface area (Å²) in [6.45, 7) is 4.73. The number of hydrazine groups is 1. The van der Waals surface area contributed by atoms with Crippen LogP contribution in [0.3, 0.4) is 0 Å². The summed E-state index contributed by atoms with van der Waals surface area (Å²) in [5.74, 6) is 0.380. The Morgan fingerprint density at radius 1 is 1.53 bits per heavy atom. The number of rotatable bonds is 4. The van der Waals surface area contributed by atoms with Crippen molar-refractivity contribution in [3.8, 4) is 0 Å². The summed E-state index contributed by atoms with van der Waals surface area (Å²) in [5, 5.41) is 3.37. The van der Waals surface area contributed by atoms with E-state index >= 15 is 0 Å². The molecule has 0 bridgehead atoms. The van der Waals surface area contributed by atoms with Crippen molar-refractivity contribution in [2.45, 2.75) is 19.5 Å². The fraction of sp³-hybridized carbons (Fsp3) is 0.500. The first-order chi connectivity index (χ1) is 8.16. The first-order valence-corrected chi connectivity index (χ1v) is 6.59. The van der Waals surface area contributed by atoms with E-state index in [1.54, 1.807) is 12.1 Å². The highest BCUT2D eigenvalue weighted by atomic mass is 79.9. The first kappa shape index (κ1) is 13.0. The Hall–Kier alpha value is -0.490. The second-order valence-electron chi connectivity index (χ2n) is 4.44. The summed E-state index contributed by atoms with van der Waals surface area (Å²) in [5.41, 5.74) is 7.27. The maximum Gasteiger partial charge on any atom is 0.123 e. The average molecular weight is 302 g/mol. The fourth-order valence-corrected chi connectivity index (χ4v) is 2.35. The third-order valence-electron chi connectivity index (χ3n) is 3.13. The maximum atomic E-state index is 13.1. The van der Waals surface area contributed by atoms with E-state index in [0.717, 1.165) is 23.1 Å². The molecule has 2 atom stereocenters. The molecule has 0 aliphatic carbocycles. The second kappa shape index (κ2) is 5.91. The number of halogens is 2. The molecule has 94 valence electrons. The number of benzene rings is 1. The summed E-state index contributed by atoms with van der Waals surface area (Å²) >= 11 is 3.42. The Morgan fingerprint density at radius 3 is 3.06 bits per heavy atom. The predicted octanol–water partition coefficient (Wildman–Crippen LogP) is 1.79. The van der Waals surface area contributed by atoms with Crippen LogP contribution in [0.5, 0.6) is 0 Å². The highest BCUT2D eigenvalue weighted by Crippen LogP contribution is 2.17. The average Bonchev–Trinajstić information content (AvgIpc) is 2.70. The lowest BCUT2D eigenvalue weighted by Crippen LogP contribution is -2.32. The molecule has 1 saturated heterocycles. The Kier molecular flexibility index (Phi) is 4.50. The van der Waals surface area contributed by atoms with Crippen molar-refractivity contribution < 1.29 is 4.39 Å². The van der Waals surface area contributed by atoms with Crippen molar-refractivity contribution in [2.75, 3.05) is 13.1 Å². The van der Waals surface area contributed by atoms with E-state index < -0.39 is 0 Å². The van der Waals surface area contributed by atoms with Gasteiger partial charge in [-0.3, -0.25) is 10.9 Å². The van der Waals surface area contributed by atoms with Crippen molar-refractivity contribution >= 4 is 15.9 Å². The van der Waals surface area contributed by atoms with Gasteiger partial charge in [0.15, 0.2) is 0 Å². The van der Waals surface area contributed by atoms with Crippen LogP contribution >= 0.6 is 15.9 Å². The third-order valence-corrected chi connectivity index (χ3v) is 3.90. The number of hydrogen-bond donors (Lipinski definition) is 3. The van der Waals surface area contributed by atoms with Crippen LogP contribution in [0.1, 0.15) is 12.5 Å². The molecule has 0 saturated carbocycles. The minimum absolute atomic E-state index is 0.192. The van der Waals surface area contributed by atoms with Gasteiger partial charge in [0, 0.05) is 36.1 Å². The standard InChI is InChI=1S/C12H17BrFN3/c1-8-10(7-16-17-8)6-15-5-9-4-11(14)2-3-12(9)13/h2-4,8,10,15-17H,5-7H2,1H3. The topological polar surface area (TPSA) is 36.1 Å². The van der Waals surface area contributed by atoms with Crippen LogP contribution in [0.25, 0.3) is 0 Å². The molecule has 1 aliphatic rings. The number of hydrogen-bond acceptors (Lipinski definition) is 3. The van der Waals surface area contributed by atoms with Gasteiger partial charge in [0.05, 0.1) is 0 Å². The van der Waals surface area contributed by atoms with E-state index in [1.165, 1.54) is 6.07 Å². The number of nitrogens with one attached hydrogen (secondary N) is 3. The molecule has 0 spiro atoms. The smallest absolute Gasteiger partial charge is 0.123 e. The molecule has 1 aliphatic heterocycles. The van der Waals surface area contributed by atoms with Gasteiger partial charge >= 0.3 is 0 Å². The molecule has 2 rings (SSSR count). The maximum absolute atomic E-state index is 13.1. The molecule has 1 aromatic carbocycles. The van der Waals surface area contributed by atoms with Gasteiger partial charge in [-0.25, -0.2) is 4.39 Å². The van der Waals surface area contributed by atoms with Gasteiger partial charge in [0.2, 0.25) is 0 Å². The molecule has 5 heteroatoms. The van der Waals surface area contributed by atoms with Crippen LogP contribution in [-0.2, 0) is 6.54 Å². The summed E-state index contributed by atoms with van der Waals surface area (Å²) in [7, 11) is 0. The van der Waals surface area contributed by atoms with E-state index in [9.17, 15) is 4.39 Å². The normalized spacial score (nSPS) is 24.2. The molecule has 17 heavy (non-hydrogen) atoms. The molecule has 1 aromatic rings. The van der Waals surface area contributed by atoms with Gasteiger partial charge in [-0.1, -0.05) is 15.9 Å². The highest BCUT2D eigenvalue weighted by molar-refractivity contribution is 9.10. The molecule has 2 unspecified atom stereocenters. The Labute approximate surface area is 109 Å². The van der Waals surface area contributed by atoms with Gasteiger partial charge in [-0.15, -0.1) is 0 Å². The summed E-state index contributed by atoms with van der Waals surface area (Å²) < 4.78 is 14.0. The van der Waals surface area contributed by atoms with Crippen LogP contribution in [0.2, 0.25) is 0 Å². The summed E-state index contributed by atoms with van der Waals surface area (Å²) in [4.78, 5) is 0. The Morgan fingerprint density at radius 2 is 2.35 bits per heavy atom. The first-order valence-electron chi connectivity index (χ1n) is 5.80.